The van der Waals surface area contributed by atoms with E-state index in [9.17, 15) is 4.79 Å². The molecule has 0 saturated carbocycles. The summed E-state index contributed by atoms with van der Waals surface area (Å²) < 4.78 is 6.65. The van der Waals surface area contributed by atoms with Crippen LogP contribution >= 0.6 is 0 Å². The SMILES string of the molecule is C=CC(=O)[O][Zn]=[CH]C. The molecule has 0 unspecified atom stereocenters. The Kier molecular flexibility index (Phi) is 4.67. The molecule has 0 aromatic rings. The summed E-state index contributed by atoms with van der Waals surface area (Å²) in [5.41, 5.74) is 0. The molecule has 0 bridgehead atoms. The van der Waals surface area contributed by atoms with Crippen molar-refractivity contribution in [1.82, 2.24) is 0 Å². The topological polar surface area (TPSA) is 26.3 Å². The zero-order valence-corrected chi connectivity index (χ0v) is 7.85. The Morgan fingerprint density at radius 1 is 1.88 bits per heavy atom. The van der Waals surface area contributed by atoms with Crippen molar-refractivity contribution in [2.24, 2.45) is 0 Å². The predicted molar refractivity (Wildman–Crippen MR) is 28.0 cm³/mol. The Labute approximate surface area is 56.1 Å². The molecule has 0 aliphatic heterocycles. The summed E-state index contributed by atoms with van der Waals surface area (Å²) in [6.45, 7) is 5.15. The number of carbonyl (C=O) groups excluding carboxylic acids is 1. The van der Waals surface area contributed by atoms with Crippen molar-refractivity contribution in [3.05, 3.63) is 12.7 Å². The van der Waals surface area contributed by atoms with Gasteiger partial charge in [0.05, 0.1) is 0 Å². The summed E-state index contributed by atoms with van der Waals surface area (Å²) >= 11 is -1.05. The van der Waals surface area contributed by atoms with Crippen LogP contribution in [0.4, 0.5) is 0 Å². The molecule has 0 N–H and O–H groups in total. The summed E-state index contributed by atoms with van der Waals surface area (Å²) in [5.74, 6) is -0.289. The van der Waals surface area contributed by atoms with Crippen LogP contribution in [-0.4, -0.2) is 10.6 Å². The standard InChI is InChI=1S/C3H4O2.C2H4.Zn/c1-2-3(4)5;1-2;/h2H,1H2,(H,4,5);1H,2H3;/q;;+1/p-1. The van der Waals surface area contributed by atoms with Gasteiger partial charge < -0.3 is 0 Å². The fourth-order valence-corrected chi connectivity index (χ4v) is 1.17. The summed E-state index contributed by atoms with van der Waals surface area (Å²) in [5, 5.41) is 0. The van der Waals surface area contributed by atoms with Crippen LogP contribution in [0.25, 0.3) is 0 Å². The molecule has 0 aromatic heterocycles. The average Bonchev–Trinajstić information content (AvgIpc) is 1.83. The monoisotopic (exact) mass is 163 g/mol. The van der Waals surface area contributed by atoms with Gasteiger partial charge >= 0.3 is 55.6 Å². The van der Waals surface area contributed by atoms with Crippen molar-refractivity contribution in [3.8, 4) is 0 Å². The van der Waals surface area contributed by atoms with E-state index in [2.05, 4.69) is 6.58 Å². The van der Waals surface area contributed by atoms with Crippen molar-refractivity contribution in [2.75, 3.05) is 0 Å². The quantitative estimate of drug-likeness (QED) is 0.440. The Bertz CT molecular complexity index is 118. The first-order valence-electron chi connectivity index (χ1n) is 2.38. The maximum absolute atomic E-state index is 10.3. The van der Waals surface area contributed by atoms with Gasteiger partial charge in [0.1, 0.15) is 0 Å². The van der Waals surface area contributed by atoms with Crippen LogP contribution in [0.5, 0.6) is 0 Å². The average molecular weight is 164 g/mol. The van der Waals surface area contributed by atoms with Gasteiger partial charge in [0.15, 0.2) is 0 Å². The molecule has 0 aromatic carbocycles. The molecule has 0 saturated heterocycles. The van der Waals surface area contributed by atoms with Gasteiger partial charge in [0.25, 0.3) is 0 Å². The van der Waals surface area contributed by atoms with Gasteiger partial charge in [0, 0.05) is 0 Å². The molecule has 0 atom stereocenters. The Morgan fingerprint density at radius 3 is 2.88 bits per heavy atom. The van der Waals surface area contributed by atoms with Crippen molar-refractivity contribution in [1.29, 1.82) is 0 Å². The number of carbonyl (C=O) groups is 1. The minimum absolute atomic E-state index is 0.289. The predicted octanol–water partition coefficient (Wildman–Crippen LogP) is 0.535. The van der Waals surface area contributed by atoms with E-state index in [0.29, 0.717) is 0 Å². The third kappa shape index (κ3) is 3.88. The van der Waals surface area contributed by atoms with Crippen LogP contribution in [0, 0.1) is 0 Å². The first-order valence-corrected chi connectivity index (χ1v) is 5.30. The zero-order chi connectivity index (χ0) is 6.41. The molecule has 41 valence electrons. The molecule has 8 heavy (non-hydrogen) atoms. The number of hydrogen-bond acceptors (Lipinski definition) is 2. The summed E-state index contributed by atoms with van der Waals surface area (Å²) in [6, 6.07) is 0. The number of rotatable bonds is 2. The first-order chi connectivity index (χ1) is 3.81. The van der Waals surface area contributed by atoms with Gasteiger partial charge in [0.2, 0.25) is 0 Å². The molecule has 0 spiro atoms. The molecule has 0 amide bonds. The van der Waals surface area contributed by atoms with E-state index >= 15 is 0 Å². The van der Waals surface area contributed by atoms with Crippen LogP contribution in [-0.2, 0) is 25.4 Å². The molecule has 3 heteroatoms. The molecular formula is C5H7O2Zn. The molecular weight excluding hydrogens is 157 g/mol. The van der Waals surface area contributed by atoms with Gasteiger partial charge in [-0.15, -0.1) is 0 Å². The van der Waals surface area contributed by atoms with Gasteiger partial charge in [-0.2, -0.15) is 0 Å². The Hall–Kier alpha value is -0.297. The second kappa shape index (κ2) is 4.85. The van der Waals surface area contributed by atoms with Crippen molar-refractivity contribution in [2.45, 2.75) is 6.92 Å². The second-order valence-electron chi connectivity index (χ2n) is 1.24. The summed E-state index contributed by atoms with van der Waals surface area (Å²) in [7, 11) is 0. The molecule has 2 nitrogen and oxygen atoms in total. The van der Waals surface area contributed by atoms with Crippen molar-refractivity contribution >= 4 is 10.6 Å². The Morgan fingerprint density at radius 2 is 2.50 bits per heavy atom. The number of hydrogen-bond donors (Lipinski definition) is 0. The molecule has 0 fully saturated rings. The normalized spacial score (nSPS) is 8.12. The van der Waals surface area contributed by atoms with Gasteiger partial charge in [-0.05, 0) is 0 Å². The van der Waals surface area contributed by atoms with E-state index in [4.69, 9.17) is 3.56 Å². The third-order valence-corrected chi connectivity index (χ3v) is 2.20. The van der Waals surface area contributed by atoms with Crippen LogP contribution < -0.4 is 0 Å². The molecule has 0 heterocycles. The molecule has 0 rings (SSSR count). The second-order valence-corrected chi connectivity index (χ2v) is 4.26. The van der Waals surface area contributed by atoms with Crippen LogP contribution in [0.15, 0.2) is 12.7 Å². The molecule has 0 aliphatic rings. The van der Waals surface area contributed by atoms with E-state index < -0.39 is 17.0 Å². The third-order valence-electron chi connectivity index (χ3n) is 0.559. The molecule has 0 aliphatic carbocycles. The minimum atomic E-state index is -1.05. The van der Waals surface area contributed by atoms with E-state index in [1.807, 2.05) is 11.5 Å². The van der Waals surface area contributed by atoms with Crippen LogP contribution in [0.2, 0.25) is 0 Å². The van der Waals surface area contributed by atoms with E-state index in [1.165, 1.54) is 6.08 Å². The summed E-state index contributed by atoms with van der Waals surface area (Å²) in [4.78, 5) is 10.3. The first kappa shape index (κ1) is 7.70. The van der Waals surface area contributed by atoms with E-state index in [0.717, 1.165) is 0 Å². The van der Waals surface area contributed by atoms with Crippen LogP contribution in [0.1, 0.15) is 6.92 Å². The van der Waals surface area contributed by atoms with Gasteiger partial charge in [-0.1, -0.05) is 0 Å². The zero-order valence-electron chi connectivity index (χ0n) is 4.89. The van der Waals surface area contributed by atoms with Crippen molar-refractivity contribution < 1.29 is 25.4 Å². The Balaban J connectivity index is 3.39. The van der Waals surface area contributed by atoms with Crippen molar-refractivity contribution in [3.63, 3.8) is 0 Å². The summed E-state index contributed by atoms with van der Waals surface area (Å²) in [6.07, 6.45) is 1.19. The van der Waals surface area contributed by atoms with Crippen LogP contribution in [0.3, 0.4) is 0 Å². The van der Waals surface area contributed by atoms with Gasteiger partial charge in [-0.25, -0.2) is 0 Å². The van der Waals surface area contributed by atoms with E-state index in [1.54, 1.807) is 0 Å². The maximum atomic E-state index is 10.3. The fraction of sp³-hybridized carbons (Fsp3) is 0.200. The molecule has 0 radical (unpaired) electrons. The van der Waals surface area contributed by atoms with E-state index in [-0.39, 0.29) is 5.97 Å². The van der Waals surface area contributed by atoms with Gasteiger partial charge in [-0.3, -0.25) is 0 Å². The fourth-order valence-electron chi connectivity index (χ4n) is 0.224.